The molecule has 1 N–H and O–H groups in total. The fourth-order valence-corrected chi connectivity index (χ4v) is 3.02. The van der Waals surface area contributed by atoms with Crippen LogP contribution in [0, 0.1) is 5.92 Å². The second kappa shape index (κ2) is 6.02. The van der Waals surface area contributed by atoms with E-state index in [0.29, 0.717) is 12.0 Å². The fourth-order valence-electron chi connectivity index (χ4n) is 3.02. The molecule has 0 spiro atoms. The highest BCUT2D eigenvalue weighted by Gasteiger charge is 2.39. The van der Waals surface area contributed by atoms with Gasteiger partial charge in [0, 0.05) is 12.6 Å². The molecule has 2 nitrogen and oxygen atoms in total. The van der Waals surface area contributed by atoms with Crippen LogP contribution in [0.5, 0.6) is 0 Å². The van der Waals surface area contributed by atoms with Gasteiger partial charge in [0.25, 0.3) is 0 Å². The van der Waals surface area contributed by atoms with Crippen LogP contribution in [-0.2, 0) is 0 Å². The van der Waals surface area contributed by atoms with Crippen molar-refractivity contribution in [3.05, 3.63) is 0 Å². The highest BCUT2D eigenvalue weighted by Crippen LogP contribution is 2.33. The molecule has 3 atom stereocenters. The van der Waals surface area contributed by atoms with E-state index >= 15 is 0 Å². The first kappa shape index (κ1) is 14.0. The van der Waals surface area contributed by atoms with E-state index in [-0.39, 0.29) is 0 Å². The van der Waals surface area contributed by atoms with E-state index < -0.39 is 5.60 Å². The monoisotopic (exact) mass is 227 g/mol. The van der Waals surface area contributed by atoms with Crippen molar-refractivity contribution in [2.45, 2.75) is 70.9 Å². The van der Waals surface area contributed by atoms with Crippen LogP contribution in [0.3, 0.4) is 0 Å². The van der Waals surface area contributed by atoms with Crippen LogP contribution in [0.25, 0.3) is 0 Å². The highest BCUT2D eigenvalue weighted by molar-refractivity contribution is 4.94. The minimum Gasteiger partial charge on any atom is -0.388 e. The lowest BCUT2D eigenvalue weighted by atomic mass is 9.84. The molecule has 0 aromatic carbocycles. The number of nitrogens with zero attached hydrogens (tertiary/aromatic N) is 1. The van der Waals surface area contributed by atoms with Crippen LogP contribution in [0.1, 0.15) is 59.3 Å². The number of likely N-dealkylation sites (tertiary alicyclic amines) is 1. The van der Waals surface area contributed by atoms with Gasteiger partial charge < -0.3 is 10.0 Å². The molecular formula is C14H29NO. The summed E-state index contributed by atoms with van der Waals surface area (Å²) in [5, 5.41) is 10.6. The minimum atomic E-state index is -0.414. The molecule has 1 fully saturated rings. The van der Waals surface area contributed by atoms with Crippen LogP contribution in [-0.4, -0.2) is 35.2 Å². The maximum Gasteiger partial charge on any atom is 0.0791 e. The average molecular weight is 227 g/mol. The summed E-state index contributed by atoms with van der Waals surface area (Å²) in [5.41, 5.74) is -0.414. The van der Waals surface area contributed by atoms with Crippen LogP contribution >= 0.6 is 0 Å². The second-order valence-electron chi connectivity index (χ2n) is 5.81. The van der Waals surface area contributed by atoms with Gasteiger partial charge in [-0.05, 0) is 32.7 Å². The normalized spacial score (nSPS) is 33.2. The first-order valence-electron chi connectivity index (χ1n) is 6.93. The van der Waals surface area contributed by atoms with E-state index in [1.807, 2.05) is 0 Å². The minimum absolute atomic E-state index is 0.414. The summed E-state index contributed by atoms with van der Waals surface area (Å²) in [7, 11) is 2.12. The molecule has 2 heteroatoms. The van der Waals surface area contributed by atoms with Crippen molar-refractivity contribution in [3.63, 3.8) is 0 Å². The van der Waals surface area contributed by atoms with Gasteiger partial charge in [-0.1, -0.05) is 39.5 Å². The fraction of sp³-hybridized carbons (Fsp3) is 1.00. The van der Waals surface area contributed by atoms with Gasteiger partial charge in [0.15, 0.2) is 0 Å². The molecule has 0 aromatic rings. The predicted octanol–water partition coefficient (Wildman–Crippen LogP) is 3.05. The molecule has 0 aliphatic carbocycles. The molecule has 1 aliphatic rings. The van der Waals surface area contributed by atoms with Crippen molar-refractivity contribution in [3.8, 4) is 0 Å². The zero-order chi connectivity index (χ0) is 12.2. The molecule has 1 heterocycles. The van der Waals surface area contributed by atoms with Gasteiger partial charge in [-0.2, -0.15) is 0 Å². The van der Waals surface area contributed by atoms with Gasteiger partial charge in [-0.3, -0.25) is 0 Å². The SMILES string of the molecule is CCCCC(CC)CC1(O)CC(C)N(C)C1. The molecule has 96 valence electrons. The zero-order valence-electron chi connectivity index (χ0n) is 11.5. The Morgan fingerprint density at radius 1 is 1.44 bits per heavy atom. The molecule has 0 bridgehead atoms. The van der Waals surface area contributed by atoms with E-state index in [1.165, 1.54) is 25.7 Å². The Morgan fingerprint density at radius 2 is 2.12 bits per heavy atom. The lowest BCUT2D eigenvalue weighted by molar-refractivity contribution is 0.0240. The quantitative estimate of drug-likeness (QED) is 0.754. The summed E-state index contributed by atoms with van der Waals surface area (Å²) in [6.07, 6.45) is 7.02. The van der Waals surface area contributed by atoms with Crippen molar-refractivity contribution in [1.82, 2.24) is 4.90 Å². The smallest absolute Gasteiger partial charge is 0.0791 e. The summed E-state index contributed by atoms with van der Waals surface area (Å²) in [4.78, 5) is 2.28. The summed E-state index contributed by atoms with van der Waals surface area (Å²) in [5.74, 6) is 0.712. The van der Waals surface area contributed by atoms with E-state index in [9.17, 15) is 5.11 Å². The van der Waals surface area contributed by atoms with Gasteiger partial charge in [-0.15, -0.1) is 0 Å². The Balaban J connectivity index is 2.44. The van der Waals surface area contributed by atoms with Crippen molar-refractivity contribution in [1.29, 1.82) is 0 Å². The van der Waals surface area contributed by atoms with Gasteiger partial charge in [0.05, 0.1) is 5.60 Å². The van der Waals surface area contributed by atoms with Gasteiger partial charge in [-0.25, -0.2) is 0 Å². The standard InChI is InChI=1S/C14H29NO/c1-5-7-8-13(6-2)10-14(16)9-12(3)15(4)11-14/h12-13,16H,5-11H2,1-4H3. The molecule has 1 rings (SSSR count). The summed E-state index contributed by atoms with van der Waals surface area (Å²) >= 11 is 0. The van der Waals surface area contributed by atoms with Crippen LogP contribution < -0.4 is 0 Å². The molecular weight excluding hydrogens is 198 g/mol. The maximum atomic E-state index is 10.6. The Labute approximate surface area is 101 Å². The van der Waals surface area contributed by atoms with Crippen LogP contribution in [0.2, 0.25) is 0 Å². The third kappa shape index (κ3) is 3.74. The topological polar surface area (TPSA) is 23.5 Å². The Hall–Kier alpha value is -0.0800. The number of aliphatic hydroxyl groups is 1. The van der Waals surface area contributed by atoms with Crippen LogP contribution in [0.4, 0.5) is 0 Å². The largest absolute Gasteiger partial charge is 0.388 e. The number of hydrogen-bond acceptors (Lipinski definition) is 2. The van der Waals surface area contributed by atoms with Crippen molar-refractivity contribution < 1.29 is 5.11 Å². The molecule has 3 unspecified atom stereocenters. The molecule has 0 amide bonds. The van der Waals surface area contributed by atoms with E-state index in [1.54, 1.807) is 0 Å². The molecule has 0 radical (unpaired) electrons. The van der Waals surface area contributed by atoms with Crippen molar-refractivity contribution in [2.24, 2.45) is 5.92 Å². The third-order valence-corrected chi connectivity index (χ3v) is 4.18. The highest BCUT2D eigenvalue weighted by atomic mass is 16.3. The van der Waals surface area contributed by atoms with Gasteiger partial charge >= 0.3 is 0 Å². The third-order valence-electron chi connectivity index (χ3n) is 4.18. The summed E-state index contributed by atoms with van der Waals surface area (Å²) in [6.45, 7) is 7.57. The second-order valence-corrected chi connectivity index (χ2v) is 5.81. The zero-order valence-corrected chi connectivity index (χ0v) is 11.5. The van der Waals surface area contributed by atoms with Gasteiger partial charge in [0.2, 0.25) is 0 Å². The van der Waals surface area contributed by atoms with Crippen molar-refractivity contribution in [2.75, 3.05) is 13.6 Å². The van der Waals surface area contributed by atoms with E-state index in [2.05, 4.69) is 32.7 Å². The Bertz CT molecular complexity index is 195. The molecule has 0 saturated carbocycles. The maximum absolute atomic E-state index is 10.6. The number of β-amino-alcohol motifs (C(OH)–C–C–N with tert-alkyl or cyclic N) is 1. The van der Waals surface area contributed by atoms with Crippen LogP contribution in [0.15, 0.2) is 0 Å². The number of hydrogen-bond donors (Lipinski definition) is 1. The van der Waals surface area contributed by atoms with Crippen molar-refractivity contribution >= 4 is 0 Å². The Kier molecular flexibility index (Phi) is 5.26. The van der Waals surface area contributed by atoms with E-state index in [4.69, 9.17) is 0 Å². The van der Waals surface area contributed by atoms with Gasteiger partial charge in [0.1, 0.15) is 0 Å². The number of rotatable bonds is 6. The summed E-state index contributed by atoms with van der Waals surface area (Å²) in [6, 6.07) is 0.536. The lowest BCUT2D eigenvalue weighted by Crippen LogP contribution is -2.34. The first-order valence-corrected chi connectivity index (χ1v) is 6.93. The average Bonchev–Trinajstić information content (AvgIpc) is 2.48. The number of likely N-dealkylation sites (N-methyl/N-ethyl adjacent to an activating group) is 1. The molecule has 1 saturated heterocycles. The van der Waals surface area contributed by atoms with E-state index in [0.717, 1.165) is 19.4 Å². The lowest BCUT2D eigenvalue weighted by Gasteiger charge is -2.27. The molecule has 16 heavy (non-hydrogen) atoms. The first-order chi connectivity index (χ1) is 7.50. The summed E-state index contributed by atoms with van der Waals surface area (Å²) < 4.78 is 0. The Morgan fingerprint density at radius 3 is 2.56 bits per heavy atom. The molecule has 0 aromatic heterocycles. The number of unbranched alkanes of at least 4 members (excludes halogenated alkanes) is 1. The molecule has 1 aliphatic heterocycles. The predicted molar refractivity (Wildman–Crippen MR) is 69.6 cm³/mol.